The summed E-state index contributed by atoms with van der Waals surface area (Å²) in [5, 5.41) is 8.30. The Kier molecular flexibility index (Phi) is 4.33. The number of fused-ring (bicyclic) bond motifs is 1. The maximum atomic E-state index is 12.1. The first-order chi connectivity index (χ1) is 12.2. The smallest absolute Gasteiger partial charge is 0.293 e. The molecule has 2 N–H and O–H groups in total. The van der Waals surface area contributed by atoms with Crippen molar-refractivity contribution in [1.29, 1.82) is 0 Å². The van der Waals surface area contributed by atoms with E-state index >= 15 is 0 Å². The van der Waals surface area contributed by atoms with Crippen molar-refractivity contribution in [1.82, 2.24) is 9.97 Å². The summed E-state index contributed by atoms with van der Waals surface area (Å²) in [7, 11) is 0. The molecule has 0 aromatic carbocycles. The summed E-state index contributed by atoms with van der Waals surface area (Å²) in [4.78, 5) is 34.0. The largest absolute Gasteiger partial charge is 0.459 e. The van der Waals surface area contributed by atoms with Crippen LogP contribution in [0.25, 0.3) is 0 Å². The number of anilines is 2. The minimum atomic E-state index is -0.368. The second-order valence-electron chi connectivity index (χ2n) is 5.54. The number of hydrogen-bond acceptors (Lipinski definition) is 7. The highest BCUT2D eigenvalue weighted by atomic mass is 32.1. The van der Waals surface area contributed by atoms with Gasteiger partial charge in [0.25, 0.3) is 5.91 Å². The van der Waals surface area contributed by atoms with Crippen molar-refractivity contribution in [3.63, 3.8) is 0 Å². The van der Waals surface area contributed by atoms with E-state index in [9.17, 15) is 9.59 Å². The summed E-state index contributed by atoms with van der Waals surface area (Å²) in [6.07, 6.45) is 4.76. The van der Waals surface area contributed by atoms with Crippen LogP contribution in [0.4, 0.5) is 10.3 Å². The molecule has 0 radical (unpaired) electrons. The summed E-state index contributed by atoms with van der Waals surface area (Å²) in [6.45, 7) is 0. The minimum absolute atomic E-state index is 0.136. The predicted molar refractivity (Wildman–Crippen MR) is 95.2 cm³/mol. The van der Waals surface area contributed by atoms with Gasteiger partial charge < -0.3 is 9.73 Å². The molecule has 0 bridgehead atoms. The standard InChI is InChI=1S/C16H14N4O3S2/c21-13(19-16-18-10-3-1-5-12(10)25-16)7-9-8-24-15(17-9)20-14(22)11-4-2-6-23-11/h2,4,6,8H,1,3,5,7H2,(H,17,20,22)(H,18,19,21). The van der Waals surface area contributed by atoms with Gasteiger partial charge in [-0.2, -0.15) is 0 Å². The van der Waals surface area contributed by atoms with Crippen molar-refractivity contribution in [3.05, 3.63) is 45.8 Å². The maximum Gasteiger partial charge on any atom is 0.293 e. The summed E-state index contributed by atoms with van der Waals surface area (Å²) in [5.41, 5.74) is 1.71. The average Bonchev–Trinajstić information content (AvgIpc) is 3.30. The molecule has 3 heterocycles. The number of carbonyl (C=O) groups is 2. The number of aromatic nitrogens is 2. The molecule has 0 spiro atoms. The number of nitrogens with zero attached hydrogens (tertiary/aromatic N) is 2. The van der Waals surface area contributed by atoms with Gasteiger partial charge in [-0.3, -0.25) is 14.9 Å². The van der Waals surface area contributed by atoms with Gasteiger partial charge in [0.05, 0.1) is 24.1 Å². The first-order valence-corrected chi connectivity index (χ1v) is 9.44. The fourth-order valence-corrected chi connectivity index (χ4v) is 4.36. The Bertz CT molecular complexity index is 892. The van der Waals surface area contributed by atoms with Crippen molar-refractivity contribution >= 4 is 44.8 Å². The van der Waals surface area contributed by atoms with Gasteiger partial charge in [0.2, 0.25) is 5.91 Å². The van der Waals surface area contributed by atoms with Crippen molar-refractivity contribution in [2.75, 3.05) is 10.6 Å². The molecule has 0 unspecified atom stereocenters. The molecule has 3 aromatic heterocycles. The van der Waals surface area contributed by atoms with Gasteiger partial charge in [0.1, 0.15) is 0 Å². The summed E-state index contributed by atoms with van der Waals surface area (Å²) in [5.74, 6) is -0.319. The second-order valence-corrected chi connectivity index (χ2v) is 7.48. The Morgan fingerprint density at radius 2 is 2.12 bits per heavy atom. The average molecular weight is 374 g/mol. The number of furan rings is 1. The van der Waals surface area contributed by atoms with E-state index in [-0.39, 0.29) is 24.0 Å². The molecular weight excluding hydrogens is 360 g/mol. The van der Waals surface area contributed by atoms with Gasteiger partial charge in [-0.1, -0.05) is 0 Å². The number of nitrogens with one attached hydrogen (secondary N) is 2. The third-order valence-corrected chi connectivity index (χ3v) is 5.58. The molecule has 4 rings (SSSR count). The van der Waals surface area contributed by atoms with Gasteiger partial charge >= 0.3 is 0 Å². The first kappa shape index (κ1) is 16.0. The number of hydrogen-bond donors (Lipinski definition) is 2. The van der Waals surface area contributed by atoms with Crippen LogP contribution < -0.4 is 10.6 Å². The van der Waals surface area contributed by atoms with Crippen LogP contribution in [-0.2, 0) is 24.1 Å². The van der Waals surface area contributed by atoms with Crippen LogP contribution in [0.3, 0.4) is 0 Å². The van der Waals surface area contributed by atoms with Crippen LogP contribution in [0.15, 0.2) is 28.2 Å². The van der Waals surface area contributed by atoms with Crippen LogP contribution in [0.1, 0.15) is 33.2 Å². The molecule has 0 saturated heterocycles. The molecule has 9 heteroatoms. The molecule has 7 nitrogen and oxygen atoms in total. The van der Waals surface area contributed by atoms with E-state index in [2.05, 4.69) is 20.6 Å². The topological polar surface area (TPSA) is 97.1 Å². The van der Waals surface area contributed by atoms with Crippen LogP contribution in [0.5, 0.6) is 0 Å². The lowest BCUT2D eigenvalue weighted by Crippen LogP contribution is -2.15. The molecule has 3 aromatic rings. The van der Waals surface area contributed by atoms with E-state index in [0.29, 0.717) is 16.0 Å². The lowest BCUT2D eigenvalue weighted by Gasteiger charge is -2.00. The van der Waals surface area contributed by atoms with Gasteiger partial charge in [-0.25, -0.2) is 9.97 Å². The molecule has 1 aliphatic rings. The second kappa shape index (κ2) is 6.77. The molecule has 0 atom stereocenters. The zero-order valence-electron chi connectivity index (χ0n) is 13.1. The lowest BCUT2D eigenvalue weighted by molar-refractivity contribution is -0.115. The zero-order valence-corrected chi connectivity index (χ0v) is 14.7. The quantitative estimate of drug-likeness (QED) is 0.715. The normalized spacial score (nSPS) is 12.8. The van der Waals surface area contributed by atoms with E-state index in [1.54, 1.807) is 28.8 Å². The Hall–Kier alpha value is -2.52. The number of amides is 2. The number of aryl methyl sites for hydroxylation is 2. The van der Waals surface area contributed by atoms with Gasteiger partial charge in [0, 0.05) is 10.3 Å². The third kappa shape index (κ3) is 3.62. The van der Waals surface area contributed by atoms with Crippen molar-refractivity contribution in [3.8, 4) is 0 Å². The van der Waals surface area contributed by atoms with E-state index < -0.39 is 0 Å². The molecular formula is C16H14N4O3S2. The fourth-order valence-electron chi connectivity index (χ4n) is 2.58. The molecule has 2 amide bonds. The third-order valence-electron chi connectivity index (χ3n) is 3.70. The van der Waals surface area contributed by atoms with Crippen LogP contribution in [0, 0.1) is 0 Å². The van der Waals surface area contributed by atoms with E-state index in [1.807, 2.05) is 0 Å². The highest BCUT2D eigenvalue weighted by Crippen LogP contribution is 2.30. The Balaban J connectivity index is 1.34. The molecule has 0 saturated carbocycles. The lowest BCUT2D eigenvalue weighted by atomic mass is 10.3. The Morgan fingerprint density at radius 1 is 1.20 bits per heavy atom. The summed E-state index contributed by atoms with van der Waals surface area (Å²) in [6, 6.07) is 3.21. The SMILES string of the molecule is O=C(Cc1csc(NC(=O)c2ccco2)n1)Nc1nc2c(s1)CCC2. The molecule has 1 aliphatic carbocycles. The Morgan fingerprint density at radius 3 is 2.92 bits per heavy atom. The van der Waals surface area contributed by atoms with Crippen molar-refractivity contribution in [2.45, 2.75) is 25.7 Å². The van der Waals surface area contributed by atoms with Crippen LogP contribution in [0.2, 0.25) is 0 Å². The highest BCUT2D eigenvalue weighted by molar-refractivity contribution is 7.16. The fraction of sp³-hybridized carbons (Fsp3) is 0.250. The molecule has 25 heavy (non-hydrogen) atoms. The first-order valence-electron chi connectivity index (χ1n) is 7.75. The molecule has 128 valence electrons. The molecule has 0 fully saturated rings. The molecule has 0 aliphatic heterocycles. The van der Waals surface area contributed by atoms with E-state index in [0.717, 1.165) is 25.0 Å². The minimum Gasteiger partial charge on any atom is -0.459 e. The highest BCUT2D eigenvalue weighted by Gasteiger charge is 2.18. The zero-order chi connectivity index (χ0) is 17.2. The van der Waals surface area contributed by atoms with Gasteiger partial charge in [-0.15, -0.1) is 22.7 Å². The predicted octanol–water partition coefficient (Wildman–Crippen LogP) is 3.11. The van der Waals surface area contributed by atoms with Crippen molar-refractivity contribution < 1.29 is 14.0 Å². The van der Waals surface area contributed by atoms with Gasteiger partial charge in [-0.05, 0) is 31.4 Å². The summed E-state index contributed by atoms with van der Waals surface area (Å²) < 4.78 is 5.03. The number of rotatable bonds is 5. The Labute approximate surface area is 151 Å². The van der Waals surface area contributed by atoms with Gasteiger partial charge in [0.15, 0.2) is 16.0 Å². The maximum absolute atomic E-state index is 12.1. The number of thiazole rings is 2. The summed E-state index contributed by atoms with van der Waals surface area (Å²) >= 11 is 2.81. The number of carbonyl (C=O) groups excluding carboxylic acids is 2. The van der Waals surface area contributed by atoms with E-state index in [4.69, 9.17) is 4.42 Å². The van der Waals surface area contributed by atoms with Crippen LogP contribution in [-0.4, -0.2) is 21.8 Å². The van der Waals surface area contributed by atoms with E-state index in [1.165, 1.54) is 22.5 Å². The van der Waals surface area contributed by atoms with Crippen LogP contribution >= 0.6 is 22.7 Å². The monoisotopic (exact) mass is 374 g/mol. The van der Waals surface area contributed by atoms with Crippen molar-refractivity contribution in [2.24, 2.45) is 0 Å².